The summed E-state index contributed by atoms with van der Waals surface area (Å²) >= 11 is 0. The molecule has 2 aliphatic carbocycles. The van der Waals surface area contributed by atoms with Crippen LogP contribution in [0.1, 0.15) is 71.1 Å². The molecule has 0 aromatic carbocycles. The Bertz CT molecular complexity index is 354. The second-order valence-corrected chi connectivity index (χ2v) is 6.30. The number of hydrogen-bond acceptors (Lipinski definition) is 0. The van der Waals surface area contributed by atoms with E-state index in [2.05, 4.69) is 13.0 Å². The molecule has 1 nitrogen and oxygen atoms in total. The van der Waals surface area contributed by atoms with Gasteiger partial charge in [-0.15, -0.1) is 0 Å². The van der Waals surface area contributed by atoms with Crippen LogP contribution in [0.5, 0.6) is 0 Å². The normalized spacial score (nSPS) is 28.2. The van der Waals surface area contributed by atoms with Crippen LogP contribution in [-0.4, -0.2) is 0 Å². The van der Waals surface area contributed by atoms with Crippen LogP contribution >= 0.6 is 0 Å². The molecule has 3 aliphatic rings. The van der Waals surface area contributed by atoms with E-state index in [4.69, 9.17) is 5.32 Å². The molecule has 17 heavy (non-hydrogen) atoms. The minimum absolute atomic E-state index is 0.383. The molecule has 0 N–H and O–H groups in total. The van der Waals surface area contributed by atoms with Crippen molar-refractivity contribution in [3.8, 4) is 0 Å². The molecule has 1 heterocycles. The van der Waals surface area contributed by atoms with Crippen LogP contribution in [0.15, 0.2) is 23.0 Å². The van der Waals surface area contributed by atoms with Crippen LogP contribution in [-0.2, 0) is 0 Å². The summed E-state index contributed by atoms with van der Waals surface area (Å²) in [6, 6.07) is 0. The lowest BCUT2D eigenvalue weighted by Gasteiger charge is -2.29. The Hall–Kier alpha value is -0.720. The number of hydrogen-bond donors (Lipinski definition) is 0. The predicted molar refractivity (Wildman–Crippen MR) is 71.5 cm³/mol. The summed E-state index contributed by atoms with van der Waals surface area (Å²) in [6.07, 6.45) is 16.0. The Morgan fingerprint density at radius 3 is 2.35 bits per heavy atom. The maximum absolute atomic E-state index is 4.99. The Morgan fingerprint density at radius 2 is 1.65 bits per heavy atom. The van der Waals surface area contributed by atoms with Crippen LogP contribution < -0.4 is 5.32 Å². The summed E-state index contributed by atoms with van der Waals surface area (Å²) in [5, 5.41) is 4.99. The van der Waals surface area contributed by atoms with E-state index in [1.807, 2.05) is 0 Å². The topological polar surface area (TPSA) is 14.1 Å². The second kappa shape index (κ2) is 4.51. The molecule has 0 atom stereocenters. The van der Waals surface area contributed by atoms with Gasteiger partial charge in [0.2, 0.25) is 0 Å². The molecule has 0 saturated heterocycles. The monoisotopic (exact) mass is 230 g/mol. The molecule has 1 fully saturated rings. The predicted octanol–water partition coefficient (Wildman–Crippen LogP) is 4.68. The first-order valence-corrected chi connectivity index (χ1v) is 7.44. The zero-order chi connectivity index (χ0) is 11.7. The highest BCUT2D eigenvalue weighted by molar-refractivity contribution is 5.40. The summed E-state index contributed by atoms with van der Waals surface area (Å²) in [6.45, 7) is 2.45. The molecule has 0 amide bonds. The minimum atomic E-state index is 0.383. The third-order valence-electron chi connectivity index (χ3n) is 4.87. The van der Waals surface area contributed by atoms with E-state index >= 15 is 0 Å². The lowest BCUT2D eigenvalue weighted by Crippen LogP contribution is -2.23. The molecule has 1 heteroatoms. The van der Waals surface area contributed by atoms with Gasteiger partial charge in [-0.1, -0.05) is 32.6 Å². The van der Waals surface area contributed by atoms with Crippen LogP contribution in [0, 0.1) is 5.41 Å². The van der Waals surface area contributed by atoms with Crippen molar-refractivity contribution in [3.05, 3.63) is 23.0 Å². The van der Waals surface area contributed by atoms with Crippen molar-refractivity contribution in [1.29, 1.82) is 0 Å². The van der Waals surface area contributed by atoms with Crippen molar-refractivity contribution < 1.29 is 0 Å². The van der Waals surface area contributed by atoms with Gasteiger partial charge in [-0.25, -0.2) is 0 Å². The summed E-state index contributed by atoms with van der Waals surface area (Å²) < 4.78 is 0. The lowest BCUT2D eigenvalue weighted by atomic mass is 9.79. The number of allylic oxidation sites excluding steroid dienone is 4. The number of nitrogens with zero attached hydrogens (tertiary/aromatic N) is 1. The Balaban J connectivity index is 1.77. The fourth-order valence-electron chi connectivity index (χ4n) is 3.61. The van der Waals surface area contributed by atoms with E-state index in [9.17, 15) is 0 Å². The van der Waals surface area contributed by atoms with Gasteiger partial charge in [-0.3, -0.25) is 5.32 Å². The van der Waals surface area contributed by atoms with Crippen molar-refractivity contribution in [2.24, 2.45) is 5.41 Å². The minimum Gasteiger partial charge on any atom is -0.257 e. The van der Waals surface area contributed by atoms with Crippen LogP contribution in [0.3, 0.4) is 0 Å². The highest BCUT2D eigenvalue weighted by Gasteiger charge is 2.34. The molecule has 93 valence electrons. The summed E-state index contributed by atoms with van der Waals surface area (Å²) in [5.41, 5.74) is 4.80. The first-order valence-electron chi connectivity index (χ1n) is 7.44. The average molecular weight is 230 g/mol. The third kappa shape index (κ3) is 2.17. The molecule has 0 aromatic rings. The van der Waals surface area contributed by atoms with Gasteiger partial charge in [-0.05, 0) is 50.2 Å². The van der Waals surface area contributed by atoms with Crippen LogP contribution in [0.2, 0.25) is 0 Å². The van der Waals surface area contributed by atoms with E-state index in [0.717, 1.165) is 0 Å². The molecular formula is C16H24N. The van der Waals surface area contributed by atoms with Crippen molar-refractivity contribution in [2.45, 2.75) is 71.1 Å². The fourth-order valence-corrected chi connectivity index (χ4v) is 3.61. The van der Waals surface area contributed by atoms with Gasteiger partial charge in [-0.2, -0.15) is 0 Å². The fraction of sp³-hybridized carbons (Fsp3) is 0.750. The van der Waals surface area contributed by atoms with Gasteiger partial charge >= 0.3 is 0 Å². The smallest absolute Gasteiger partial charge is 0.0469 e. The SMILES string of the molecule is CC1(C2=CC3=C(CCCC3)[N]2)CCCCCC1. The Labute approximate surface area is 105 Å². The maximum Gasteiger partial charge on any atom is 0.0469 e. The standard InChI is InChI=1S/C16H24N/c1-16(10-6-2-3-7-11-16)15-12-13-8-4-5-9-14(13)17-15/h12H,2-11H2,1H3. The molecule has 1 radical (unpaired) electrons. The largest absolute Gasteiger partial charge is 0.257 e. The molecule has 1 saturated carbocycles. The van der Waals surface area contributed by atoms with Crippen molar-refractivity contribution in [2.75, 3.05) is 0 Å². The molecule has 0 aromatic heterocycles. The van der Waals surface area contributed by atoms with E-state index in [-0.39, 0.29) is 0 Å². The van der Waals surface area contributed by atoms with Crippen LogP contribution in [0.25, 0.3) is 0 Å². The van der Waals surface area contributed by atoms with Crippen molar-refractivity contribution in [1.82, 2.24) is 5.32 Å². The van der Waals surface area contributed by atoms with Gasteiger partial charge < -0.3 is 0 Å². The Morgan fingerprint density at radius 1 is 0.941 bits per heavy atom. The molecule has 1 aliphatic heterocycles. The third-order valence-corrected chi connectivity index (χ3v) is 4.87. The van der Waals surface area contributed by atoms with E-state index in [1.165, 1.54) is 75.6 Å². The zero-order valence-electron chi connectivity index (χ0n) is 11.1. The lowest BCUT2D eigenvalue weighted by molar-refractivity contribution is 0.326. The summed E-state index contributed by atoms with van der Waals surface area (Å²) in [4.78, 5) is 0. The highest BCUT2D eigenvalue weighted by Crippen LogP contribution is 2.44. The van der Waals surface area contributed by atoms with Gasteiger partial charge in [0.15, 0.2) is 0 Å². The van der Waals surface area contributed by atoms with Gasteiger partial charge in [0.1, 0.15) is 0 Å². The number of rotatable bonds is 1. The van der Waals surface area contributed by atoms with E-state index in [0.29, 0.717) is 5.41 Å². The molecule has 0 spiro atoms. The summed E-state index contributed by atoms with van der Waals surface area (Å²) in [7, 11) is 0. The first kappa shape index (κ1) is 11.4. The zero-order valence-corrected chi connectivity index (χ0v) is 11.1. The van der Waals surface area contributed by atoms with E-state index < -0.39 is 0 Å². The first-order chi connectivity index (χ1) is 8.28. The molecule has 0 unspecified atom stereocenters. The maximum atomic E-state index is 4.99. The second-order valence-electron chi connectivity index (χ2n) is 6.30. The van der Waals surface area contributed by atoms with Gasteiger partial charge in [0.25, 0.3) is 0 Å². The quantitative estimate of drug-likeness (QED) is 0.581. The Kier molecular flexibility index (Phi) is 3.02. The van der Waals surface area contributed by atoms with Crippen molar-refractivity contribution in [3.63, 3.8) is 0 Å². The van der Waals surface area contributed by atoms with Gasteiger partial charge in [0, 0.05) is 16.8 Å². The molecule has 3 rings (SSSR count). The summed E-state index contributed by atoms with van der Waals surface area (Å²) in [5.74, 6) is 0. The van der Waals surface area contributed by atoms with Crippen LogP contribution in [0.4, 0.5) is 0 Å². The highest BCUT2D eigenvalue weighted by atomic mass is 14.9. The van der Waals surface area contributed by atoms with E-state index in [1.54, 1.807) is 5.57 Å². The molecule has 0 bridgehead atoms. The van der Waals surface area contributed by atoms with Gasteiger partial charge in [0.05, 0.1) is 0 Å². The van der Waals surface area contributed by atoms with Crippen molar-refractivity contribution >= 4 is 0 Å². The average Bonchev–Trinajstić information content (AvgIpc) is 2.66. The molecular weight excluding hydrogens is 206 g/mol.